The number of rotatable bonds is 4. The van der Waals surface area contributed by atoms with Crippen LogP contribution in [0.3, 0.4) is 0 Å². The maximum absolute atomic E-state index is 12.9. The van der Waals surface area contributed by atoms with E-state index >= 15 is 0 Å². The Morgan fingerprint density at radius 2 is 1.88 bits per heavy atom. The standard InChI is InChI=1S/C16H15ClN2O4S/c17-13-8-6-12(7-9-13)16-5-2-10-18(16)24(22,23)15-4-1-3-14(11-15)19(20)21/h1,3-4,6-9,11,16H,2,5,10H2. The summed E-state index contributed by atoms with van der Waals surface area (Å²) in [5, 5.41) is 11.5. The highest BCUT2D eigenvalue weighted by molar-refractivity contribution is 7.89. The summed E-state index contributed by atoms with van der Waals surface area (Å²) in [6, 6.07) is 12.0. The second kappa shape index (κ2) is 6.51. The van der Waals surface area contributed by atoms with Gasteiger partial charge in [-0.25, -0.2) is 8.42 Å². The first-order valence-electron chi connectivity index (χ1n) is 7.41. The van der Waals surface area contributed by atoms with Gasteiger partial charge in [-0.1, -0.05) is 29.8 Å². The lowest BCUT2D eigenvalue weighted by atomic mass is 10.1. The summed E-state index contributed by atoms with van der Waals surface area (Å²) >= 11 is 5.89. The quantitative estimate of drug-likeness (QED) is 0.609. The lowest BCUT2D eigenvalue weighted by Gasteiger charge is -2.24. The number of non-ortho nitro benzene ring substituents is 1. The van der Waals surface area contributed by atoms with Crippen LogP contribution in [-0.4, -0.2) is 24.2 Å². The molecule has 1 fully saturated rings. The Morgan fingerprint density at radius 3 is 2.54 bits per heavy atom. The zero-order chi connectivity index (χ0) is 17.3. The summed E-state index contributed by atoms with van der Waals surface area (Å²) in [7, 11) is -3.81. The van der Waals surface area contributed by atoms with E-state index in [1.54, 1.807) is 12.1 Å². The normalized spacial score (nSPS) is 18.6. The van der Waals surface area contributed by atoms with Crippen LogP contribution in [0.5, 0.6) is 0 Å². The average Bonchev–Trinajstić information content (AvgIpc) is 3.06. The van der Waals surface area contributed by atoms with Gasteiger partial charge in [0.05, 0.1) is 15.9 Å². The van der Waals surface area contributed by atoms with E-state index in [1.165, 1.54) is 22.5 Å². The number of sulfonamides is 1. The molecule has 2 aromatic carbocycles. The molecule has 1 atom stereocenters. The molecule has 6 nitrogen and oxygen atoms in total. The van der Waals surface area contributed by atoms with Gasteiger partial charge in [0.2, 0.25) is 10.0 Å². The fourth-order valence-electron chi connectivity index (χ4n) is 2.94. The Bertz CT molecular complexity index is 868. The zero-order valence-electron chi connectivity index (χ0n) is 12.6. The van der Waals surface area contributed by atoms with Crippen LogP contribution < -0.4 is 0 Å². The number of hydrogen-bond acceptors (Lipinski definition) is 4. The largest absolute Gasteiger partial charge is 0.270 e. The molecule has 0 radical (unpaired) electrons. The van der Waals surface area contributed by atoms with Gasteiger partial charge in [0.25, 0.3) is 5.69 Å². The van der Waals surface area contributed by atoms with Gasteiger partial charge < -0.3 is 0 Å². The van der Waals surface area contributed by atoms with E-state index in [1.807, 2.05) is 12.1 Å². The molecule has 1 aliphatic rings. The highest BCUT2D eigenvalue weighted by atomic mass is 35.5. The minimum atomic E-state index is -3.81. The summed E-state index contributed by atoms with van der Waals surface area (Å²) in [5.41, 5.74) is 0.629. The first-order valence-corrected chi connectivity index (χ1v) is 9.23. The lowest BCUT2D eigenvalue weighted by Crippen LogP contribution is -2.30. The smallest absolute Gasteiger partial charge is 0.258 e. The highest BCUT2D eigenvalue weighted by Gasteiger charge is 2.36. The molecule has 0 saturated carbocycles. The zero-order valence-corrected chi connectivity index (χ0v) is 14.2. The molecule has 0 amide bonds. The average molecular weight is 367 g/mol. The van der Waals surface area contributed by atoms with Crippen LogP contribution in [0, 0.1) is 10.1 Å². The number of nitro groups is 1. The minimum Gasteiger partial charge on any atom is -0.258 e. The van der Waals surface area contributed by atoms with Crippen molar-refractivity contribution in [1.29, 1.82) is 0 Å². The number of hydrogen-bond donors (Lipinski definition) is 0. The van der Waals surface area contributed by atoms with E-state index in [0.29, 0.717) is 18.0 Å². The van der Waals surface area contributed by atoms with Crippen molar-refractivity contribution in [3.8, 4) is 0 Å². The van der Waals surface area contributed by atoms with Gasteiger partial charge in [-0.15, -0.1) is 0 Å². The molecule has 126 valence electrons. The summed E-state index contributed by atoms with van der Waals surface area (Å²) in [6.07, 6.45) is 1.44. The first-order chi connectivity index (χ1) is 11.4. The van der Waals surface area contributed by atoms with Crippen LogP contribution in [-0.2, 0) is 10.0 Å². The summed E-state index contributed by atoms with van der Waals surface area (Å²) in [5.74, 6) is 0. The van der Waals surface area contributed by atoms with E-state index in [-0.39, 0.29) is 16.6 Å². The van der Waals surface area contributed by atoms with Crippen LogP contribution in [0.4, 0.5) is 5.69 Å². The molecule has 1 heterocycles. The monoisotopic (exact) mass is 366 g/mol. The Morgan fingerprint density at radius 1 is 1.17 bits per heavy atom. The SMILES string of the molecule is O=[N+]([O-])c1cccc(S(=O)(=O)N2CCCC2c2ccc(Cl)cc2)c1. The van der Waals surface area contributed by atoms with Crippen molar-refractivity contribution in [3.05, 3.63) is 69.2 Å². The van der Waals surface area contributed by atoms with Gasteiger partial charge in [0.1, 0.15) is 0 Å². The number of nitrogens with zero attached hydrogens (tertiary/aromatic N) is 2. The minimum absolute atomic E-state index is 0.0578. The molecule has 8 heteroatoms. The third kappa shape index (κ3) is 3.15. The summed E-state index contributed by atoms with van der Waals surface area (Å²) < 4.78 is 27.3. The second-order valence-corrected chi connectivity index (χ2v) is 7.91. The topological polar surface area (TPSA) is 80.5 Å². The number of benzene rings is 2. The maximum Gasteiger partial charge on any atom is 0.270 e. The number of halogens is 1. The Hall–Kier alpha value is -1.96. The van der Waals surface area contributed by atoms with Gasteiger partial charge in [-0.05, 0) is 36.6 Å². The van der Waals surface area contributed by atoms with E-state index in [0.717, 1.165) is 18.1 Å². The molecule has 0 spiro atoms. The van der Waals surface area contributed by atoms with Gasteiger partial charge in [-0.2, -0.15) is 4.31 Å². The number of nitro benzene ring substituents is 1. The maximum atomic E-state index is 12.9. The Kier molecular flexibility index (Phi) is 4.58. The van der Waals surface area contributed by atoms with Crippen LogP contribution in [0.15, 0.2) is 53.4 Å². The highest BCUT2D eigenvalue weighted by Crippen LogP contribution is 2.37. The Balaban J connectivity index is 1.97. The molecular weight excluding hydrogens is 352 g/mol. The van der Waals surface area contributed by atoms with E-state index < -0.39 is 14.9 Å². The van der Waals surface area contributed by atoms with Crippen molar-refractivity contribution in [1.82, 2.24) is 4.31 Å². The molecule has 2 aromatic rings. The molecule has 0 aliphatic carbocycles. The van der Waals surface area contributed by atoms with E-state index in [4.69, 9.17) is 11.6 Å². The molecule has 1 saturated heterocycles. The predicted molar refractivity (Wildman–Crippen MR) is 90.4 cm³/mol. The van der Waals surface area contributed by atoms with Crippen molar-refractivity contribution in [2.75, 3.05) is 6.54 Å². The van der Waals surface area contributed by atoms with Crippen molar-refractivity contribution < 1.29 is 13.3 Å². The summed E-state index contributed by atoms with van der Waals surface area (Å²) in [6.45, 7) is 0.387. The lowest BCUT2D eigenvalue weighted by molar-refractivity contribution is -0.385. The summed E-state index contributed by atoms with van der Waals surface area (Å²) in [4.78, 5) is 10.2. The molecule has 0 N–H and O–H groups in total. The third-order valence-electron chi connectivity index (χ3n) is 4.09. The first kappa shape index (κ1) is 16.9. The van der Waals surface area contributed by atoms with Gasteiger partial charge >= 0.3 is 0 Å². The van der Waals surface area contributed by atoms with Crippen LogP contribution in [0.2, 0.25) is 5.02 Å². The molecule has 24 heavy (non-hydrogen) atoms. The molecule has 3 rings (SSSR count). The molecular formula is C16H15ClN2O4S. The predicted octanol–water partition coefficient (Wildman–Crippen LogP) is 3.77. The van der Waals surface area contributed by atoms with Gasteiger partial charge in [0, 0.05) is 23.7 Å². The van der Waals surface area contributed by atoms with Crippen molar-refractivity contribution in [3.63, 3.8) is 0 Å². The second-order valence-electron chi connectivity index (χ2n) is 5.58. The van der Waals surface area contributed by atoms with Crippen LogP contribution in [0.25, 0.3) is 0 Å². The van der Waals surface area contributed by atoms with Crippen LogP contribution in [0.1, 0.15) is 24.4 Å². The van der Waals surface area contributed by atoms with Gasteiger partial charge in [-0.3, -0.25) is 10.1 Å². The van der Waals surface area contributed by atoms with E-state index in [2.05, 4.69) is 0 Å². The fraction of sp³-hybridized carbons (Fsp3) is 0.250. The molecule has 0 bridgehead atoms. The molecule has 0 aromatic heterocycles. The van der Waals surface area contributed by atoms with E-state index in [9.17, 15) is 18.5 Å². The fourth-order valence-corrected chi connectivity index (χ4v) is 4.79. The molecule has 1 unspecified atom stereocenters. The third-order valence-corrected chi connectivity index (χ3v) is 6.25. The Labute approximate surface area is 144 Å². The van der Waals surface area contributed by atoms with Crippen molar-refractivity contribution in [2.24, 2.45) is 0 Å². The van der Waals surface area contributed by atoms with Crippen molar-refractivity contribution in [2.45, 2.75) is 23.8 Å². The molecule has 1 aliphatic heterocycles. The van der Waals surface area contributed by atoms with Gasteiger partial charge in [0.15, 0.2) is 0 Å². The van der Waals surface area contributed by atoms with Crippen molar-refractivity contribution >= 4 is 27.3 Å². The van der Waals surface area contributed by atoms with Crippen LogP contribution >= 0.6 is 11.6 Å².